The first-order valence-electron chi connectivity index (χ1n) is 5.91. The van der Waals surface area contributed by atoms with E-state index in [1.807, 2.05) is 18.9 Å². The number of halogens is 1. The summed E-state index contributed by atoms with van der Waals surface area (Å²) in [5.41, 5.74) is 0.730. The van der Waals surface area contributed by atoms with Gasteiger partial charge in [-0.25, -0.2) is 9.97 Å². The van der Waals surface area contributed by atoms with Crippen molar-refractivity contribution in [2.45, 2.75) is 6.92 Å². The Morgan fingerprint density at radius 3 is 2.37 bits per heavy atom. The summed E-state index contributed by atoms with van der Waals surface area (Å²) >= 11 is 6.21. The lowest BCUT2D eigenvalue weighted by atomic mass is 10.2. The van der Waals surface area contributed by atoms with Gasteiger partial charge in [0.05, 0.1) is 19.7 Å². The Balaban J connectivity index is 2.67. The van der Waals surface area contributed by atoms with Crippen molar-refractivity contribution in [2.75, 3.05) is 32.7 Å². The molecule has 0 aliphatic heterocycles. The molecule has 0 aliphatic carbocycles. The van der Waals surface area contributed by atoms with Crippen LogP contribution in [0.3, 0.4) is 0 Å². The third-order valence-corrected chi connectivity index (χ3v) is 3.25. The second kappa shape index (κ2) is 5.48. The first-order valence-corrected chi connectivity index (χ1v) is 6.28. The first kappa shape index (κ1) is 13.7. The van der Waals surface area contributed by atoms with Gasteiger partial charge < -0.3 is 14.4 Å². The number of hydrogen-bond donors (Lipinski definition) is 0. The summed E-state index contributed by atoms with van der Waals surface area (Å²) in [6.45, 7) is 2.82. The fourth-order valence-electron chi connectivity index (χ4n) is 1.72. The minimum absolute atomic E-state index is 0.404. The molecule has 0 saturated carbocycles. The standard InChI is InChI=1S/C13H16ClN3O2/c1-5-17(2)13-15-9-7-11(19-4)10(18-3)6-8(9)12(14)16-13/h6-7H,5H2,1-4H3. The molecular formula is C13H16ClN3O2. The molecule has 0 bridgehead atoms. The molecule has 0 aliphatic rings. The molecule has 0 amide bonds. The molecule has 2 aromatic rings. The lowest BCUT2D eigenvalue weighted by Gasteiger charge is -2.16. The summed E-state index contributed by atoms with van der Waals surface area (Å²) < 4.78 is 10.5. The lowest BCUT2D eigenvalue weighted by Crippen LogP contribution is -2.18. The van der Waals surface area contributed by atoms with Gasteiger partial charge in [0.15, 0.2) is 11.5 Å². The second-order valence-electron chi connectivity index (χ2n) is 4.05. The van der Waals surface area contributed by atoms with Crippen LogP contribution in [-0.4, -0.2) is 37.8 Å². The predicted molar refractivity (Wildman–Crippen MR) is 76.6 cm³/mol. The summed E-state index contributed by atoms with van der Waals surface area (Å²) in [5.74, 6) is 1.82. The fourth-order valence-corrected chi connectivity index (χ4v) is 1.95. The number of ether oxygens (including phenoxy) is 2. The molecule has 5 nitrogen and oxygen atoms in total. The van der Waals surface area contributed by atoms with Gasteiger partial charge in [-0.3, -0.25) is 0 Å². The van der Waals surface area contributed by atoms with E-state index in [2.05, 4.69) is 9.97 Å². The Hall–Kier alpha value is -1.75. The number of hydrogen-bond acceptors (Lipinski definition) is 5. The van der Waals surface area contributed by atoms with Crippen LogP contribution in [0.2, 0.25) is 5.15 Å². The highest BCUT2D eigenvalue weighted by molar-refractivity contribution is 6.34. The first-order chi connectivity index (χ1) is 9.10. The Labute approximate surface area is 117 Å². The van der Waals surface area contributed by atoms with Crippen LogP contribution in [0.25, 0.3) is 10.9 Å². The van der Waals surface area contributed by atoms with Gasteiger partial charge in [-0.05, 0) is 13.0 Å². The molecule has 0 saturated heterocycles. The molecule has 2 rings (SSSR count). The fraction of sp³-hybridized carbons (Fsp3) is 0.385. The quantitative estimate of drug-likeness (QED) is 0.807. The Morgan fingerprint density at radius 1 is 1.16 bits per heavy atom. The molecule has 0 spiro atoms. The molecule has 6 heteroatoms. The zero-order valence-electron chi connectivity index (χ0n) is 11.4. The molecule has 19 heavy (non-hydrogen) atoms. The molecular weight excluding hydrogens is 266 g/mol. The second-order valence-corrected chi connectivity index (χ2v) is 4.41. The van der Waals surface area contributed by atoms with Crippen LogP contribution in [0.5, 0.6) is 11.5 Å². The highest BCUT2D eigenvalue weighted by Gasteiger charge is 2.13. The minimum atomic E-state index is 0.404. The highest BCUT2D eigenvalue weighted by atomic mass is 35.5. The van der Waals surface area contributed by atoms with Gasteiger partial charge in [0.1, 0.15) is 5.15 Å². The molecule has 0 atom stereocenters. The van der Waals surface area contributed by atoms with Crippen LogP contribution in [0, 0.1) is 0 Å². The van der Waals surface area contributed by atoms with Crippen molar-refractivity contribution in [3.8, 4) is 11.5 Å². The average molecular weight is 282 g/mol. The van der Waals surface area contributed by atoms with Crippen molar-refractivity contribution < 1.29 is 9.47 Å². The van der Waals surface area contributed by atoms with E-state index in [4.69, 9.17) is 21.1 Å². The zero-order chi connectivity index (χ0) is 14.0. The van der Waals surface area contributed by atoms with E-state index in [0.717, 1.165) is 17.4 Å². The van der Waals surface area contributed by atoms with E-state index >= 15 is 0 Å². The summed E-state index contributed by atoms with van der Waals surface area (Å²) in [6, 6.07) is 3.58. The van der Waals surface area contributed by atoms with E-state index in [0.29, 0.717) is 22.6 Å². The van der Waals surface area contributed by atoms with Gasteiger partial charge in [-0.1, -0.05) is 11.6 Å². The maximum absolute atomic E-state index is 6.21. The van der Waals surface area contributed by atoms with Crippen molar-refractivity contribution in [1.82, 2.24) is 9.97 Å². The van der Waals surface area contributed by atoms with Gasteiger partial charge >= 0.3 is 0 Å². The Bertz CT molecular complexity index is 604. The van der Waals surface area contributed by atoms with E-state index in [9.17, 15) is 0 Å². The smallest absolute Gasteiger partial charge is 0.227 e. The monoisotopic (exact) mass is 281 g/mol. The zero-order valence-corrected chi connectivity index (χ0v) is 12.2. The number of benzene rings is 1. The number of anilines is 1. The van der Waals surface area contributed by atoms with Gasteiger partial charge in [-0.2, -0.15) is 0 Å². The van der Waals surface area contributed by atoms with Gasteiger partial charge in [0, 0.05) is 25.0 Å². The number of methoxy groups -OCH3 is 2. The average Bonchev–Trinajstić information content (AvgIpc) is 2.44. The van der Waals surface area contributed by atoms with Crippen molar-refractivity contribution in [3.05, 3.63) is 17.3 Å². The van der Waals surface area contributed by atoms with Crippen molar-refractivity contribution in [2.24, 2.45) is 0 Å². The van der Waals surface area contributed by atoms with Crippen molar-refractivity contribution >= 4 is 28.5 Å². The van der Waals surface area contributed by atoms with Crippen LogP contribution >= 0.6 is 11.6 Å². The third kappa shape index (κ3) is 2.51. The van der Waals surface area contributed by atoms with Crippen LogP contribution < -0.4 is 14.4 Å². The van der Waals surface area contributed by atoms with E-state index in [1.165, 1.54) is 0 Å². The van der Waals surface area contributed by atoms with Crippen LogP contribution in [0.15, 0.2) is 12.1 Å². The number of rotatable bonds is 4. The molecule has 1 aromatic carbocycles. The molecule has 0 fully saturated rings. The molecule has 1 heterocycles. The number of aromatic nitrogens is 2. The van der Waals surface area contributed by atoms with Crippen LogP contribution in [0.1, 0.15) is 6.92 Å². The van der Waals surface area contributed by atoms with E-state index in [-0.39, 0.29) is 0 Å². The largest absolute Gasteiger partial charge is 0.493 e. The van der Waals surface area contributed by atoms with Crippen LogP contribution in [-0.2, 0) is 0 Å². The third-order valence-electron chi connectivity index (χ3n) is 2.96. The highest BCUT2D eigenvalue weighted by Crippen LogP contribution is 2.34. The van der Waals surface area contributed by atoms with Crippen LogP contribution in [0.4, 0.5) is 5.95 Å². The Morgan fingerprint density at radius 2 is 1.79 bits per heavy atom. The summed E-state index contributed by atoms with van der Waals surface area (Å²) in [7, 11) is 5.08. The normalized spacial score (nSPS) is 10.6. The summed E-state index contributed by atoms with van der Waals surface area (Å²) in [5, 5.41) is 1.15. The lowest BCUT2D eigenvalue weighted by molar-refractivity contribution is 0.356. The predicted octanol–water partition coefficient (Wildman–Crippen LogP) is 2.76. The maximum atomic E-state index is 6.21. The molecule has 0 radical (unpaired) electrons. The molecule has 102 valence electrons. The van der Waals surface area contributed by atoms with Crippen molar-refractivity contribution in [3.63, 3.8) is 0 Å². The number of nitrogens with zero attached hydrogens (tertiary/aromatic N) is 3. The number of fused-ring (bicyclic) bond motifs is 1. The molecule has 0 unspecified atom stereocenters. The maximum Gasteiger partial charge on any atom is 0.227 e. The van der Waals surface area contributed by atoms with Gasteiger partial charge in [-0.15, -0.1) is 0 Å². The van der Waals surface area contributed by atoms with E-state index < -0.39 is 0 Å². The topological polar surface area (TPSA) is 47.5 Å². The summed E-state index contributed by atoms with van der Waals surface area (Å²) in [6.07, 6.45) is 0. The molecule has 1 aromatic heterocycles. The minimum Gasteiger partial charge on any atom is -0.493 e. The van der Waals surface area contributed by atoms with E-state index in [1.54, 1.807) is 26.4 Å². The summed E-state index contributed by atoms with van der Waals surface area (Å²) in [4.78, 5) is 10.7. The molecule has 0 N–H and O–H groups in total. The van der Waals surface area contributed by atoms with Gasteiger partial charge in [0.25, 0.3) is 0 Å². The van der Waals surface area contributed by atoms with Crippen molar-refractivity contribution in [1.29, 1.82) is 0 Å². The SMILES string of the molecule is CCN(C)c1nc(Cl)c2cc(OC)c(OC)cc2n1. The van der Waals surface area contributed by atoms with Gasteiger partial charge in [0.2, 0.25) is 5.95 Å². The Kier molecular flexibility index (Phi) is 3.95.